The number of carbonyl (C=O) groups excluding carboxylic acids is 2. The summed E-state index contributed by atoms with van der Waals surface area (Å²) in [5.41, 5.74) is 5.07. The van der Waals surface area contributed by atoms with Crippen LogP contribution in [0.4, 0.5) is 4.79 Å². The Balaban J connectivity index is 3.67. The molecule has 0 aromatic carbocycles. The molecule has 0 aliphatic heterocycles. The van der Waals surface area contributed by atoms with Crippen LogP contribution in [0.3, 0.4) is 0 Å². The molecule has 5 heteroatoms. The van der Waals surface area contributed by atoms with E-state index in [0.717, 1.165) is 11.8 Å². The molecule has 0 aromatic rings. The van der Waals surface area contributed by atoms with Gasteiger partial charge in [0, 0.05) is 18.8 Å². The second kappa shape index (κ2) is 6.54. The van der Waals surface area contributed by atoms with Crippen LogP contribution in [0.5, 0.6) is 0 Å². The molecular weight excluding hydrogens is 188 g/mol. The molecule has 0 radical (unpaired) electrons. The summed E-state index contributed by atoms with van der Waals surface area (Å²) in [6.07, 6.45) is 1.26. The second-order valence-corrected chi connectivity index (χ2v) is 3.39. The van der Waals surface area contributed by atoms with Gasteiger partial charge in [0.25, 0.3) is 0 Å². The van der Waals surface area contributed by atoms with Crippen LogP contribution in [0.1, 0.15) is 6.92 Å². The zero-order valence-corrected chi connectivity index (χ0v) is 8.47. The largest absolute Gasteiger partial charge is 0.351 e. The number of hydrogen-bond acceptors (Lipinski definition) is 3. The minimum atomic E-state index is -0.450. The van der Waals surface area contributed by atoms with Crippen molar-refractivity contribution < 1.29 is 9.59 Å². The molecule has 0 rings (SSSR count). The van der Waals surface area contributed by atoms with Gasteiger partial charge < -0.3 is 10.6 Å². The van der Waals surface area contributed by atoms with Crippen molar-refractivity contribution in [2.75, 3.05) is 18.8 Å². The van der Waals surface area contributed by atoms with Gasteiger partial charge in [-0.05, 0) is 13.0 Å². The van der Waals surface area contributed by atoms with Crippen LogP contribution in [-0.4, -0.2) is 34.9 Å². The molecule has 2 amide bonds. The summed E-state index contributed by atoms with van der Waals surface area (Å²) in [7, 11) is 0. The van der Waals surface area contributed by atoms with Crippen molar-refractivity contribution in [3.05, 3.63) is 12.7 Å². The fraction of sp³-hybridized carbons (Fsp3) is 0.500. The first-order valence-electron chi connectivity index (χ1n) is 3.95. The Morgan fingerprint density at radius 3 is 2.62 bits per heavy atom. The van der Waals surface area contributed by atoms with Crippen LogP contribution in [0.15, 0.2) is 12.7 Å². The lowest BCUT2D eigenvalue weighted by molar-refractivity contribution is -0.107. The Labute approximate surface area is 82.2 Å². The number of carbonyl (C=O) groups is 2. The number of hydrogen-bond donors (Lipinski definition) is 1. The summed E-state index contributed by atoms with van der Waals surface area (Å²) in [5.74, 6) is 0.557. The van der Waals surface area contributed by atoms with Gasteiger partial charge in [0.05, 0.1) is 0 Å². The van der Waals surface area contributed by atoms with Gasteiger partial charge in [-0.3, -0.25) is 4.79 Å². The third kappa shape index (κ3) is 5.30. The predicted molar refractivity (Wildman–Crippen MR) is 54.5 cm³/mol. The molecule has 13 heavy (non-hydrogen) atoms. The number of thioether (sulfide) groups is 1. The van der Waals surface area contributed by atoms with Gasteiger partial charge in [-0.25, -0.2) is 4.79 Å². The summed E-state index contributed by atoms with van der Waals surface area (Å²) in [4.78, 5) is 22.9. The van der Waals surface area contributed by atoms with Gasteiger partial charge in [-0.2, -0.15) is 0 Å². The van der Waals surface area contributed by atoms with Crippen molar-refractivity contribution >= 4 is 22.9 Å². The van der Waals surface area contributed by atoms with E-state index >= 15 is 0 Å². The van der Waals surface area contributed by atoms with Crippen LogP contribution < -0.4 is 5.73 Å². The fourth-order valence-electron chi connectivity index (χ4n) is 0.739. The highest BCUT2D eigenvalue weighted by molar-refractivity contribution is 8.14. The van der Waals surface area contributed by atoms with Gasteiger partial charge >= 0.3 is 6.03 Å². The second-order valence-electron chi connectivity index (χ2n) is 2.29. The first-order valence-corrected chi connectivity index (χ1v) is 4.94. The molecule has 0 fully saturated rings. The van der Waals surface area contributed by atoms with Crippen LogP contribution in [-0.2, 0) is 4.79 Å². The van der Waals surface area contributed by atoms with Crippen molar-refractivity contribution in [2.45, 2.75) is 6.92 Å². The minimum Gasteiger partial charge on any atom is -0.351 e. The quantitative estimate of drug-likeness (QED) is 0.672. The Morgan fingerprint density at radius 1 is 1.62 bits per heavy atom. The molecule has 0 bridgehead atoms. The SMILES string of the molecule is C=CC(=O)SCCN(CC)C(N)=O. The molecule has 0 aromatic heterocycles. The summed E-state index contributed by atoms with van der Waals surface area (Å²) in [6.45, 7) is 6.24. The van der Waals surface area contributed by atoms with Gasteiger partial charge in [0.2, 0.25) is 5.12 Å². The maximum atomic E-state index is 10.8. The van der Waals surface area contributed by atoms with Gasteiger partial charge in [-0.1, -0.05) is 18.3 Å². The lowest BCUT2D eigenvalue weighted by Gasteiger charge is -2.16. The number of amides is 2. The van der Waals surface area contributed by atoms with Crippen molar-refractivity contribution in [3.63, 3.8) is 0 Å². The lowest BCUT2D eigenvalue weighted by atomic mass is 10.5. The van der Waals surface area contributed by atoms with E-state index in [2.05, 4.69) is 6.58 Å². The average Bonchev–Trinajstić information content (AvgIpc) is 2.11. The summed E-state index contributed by atoms with van der Waals surface area (Å²) in [6, 6.07) is -0.450. The molecule has 0 saturated heterocycles. The van der Waals surface area contributed by atoms with Crippen molar-refractivity contribution in [1.29, 1.82) is 0 Å². The van der Waals surface area contributed by atoms with Crippen LogP contribution in [0, 0.1) is 0 Å². The monoisotopic (exact) mass is 202 g/mol. The zero-order valence-electron chi connectivity index (χ0n) is 7.66. The molecule has 0 aliphatic carbocycles. The normalized spacial score (nSPS) is 9.31. The minimum absolute atomic E-state index is 0.0828. The van der Waals surface area contributed by atoms with Gasteiger partial charge in [0.15, 0.2) is 0 Å². The molecule has 0 spiro atoms. The van der Waals surface area contributed by atoms with Gasteiger partial charge in [0.1, 0.15) is 0 Å². The van der Waals surface area contributed by atoms with E-state index in [0.29, 0.717) is 18.8 Å². The average molecular weight is 202 g/mol. The molecule has 2 N–H and O–H groups in total. The van der Waals surface area contributed by atoms with Crippen LogP contribution in [0.25, 0.3) is 0 Å². The zero-order chi connectivity index (χ0) is 10.3. The number of primary amides is 1. The maximum absolute atomic E-state index is 10.8. The first-order chi connectivity index (χ1) is 6.11. The lowest BCUT2D eigenvalue weighted by Crippen LogP contribution is -2.37. The van der Waals surface area contributed by atoms with E-state index in [-0.39, 0.29) is 5.12 Å². The Hall–Kier alpha value is -0.970. The standard InChI is InChI=1S/C8H14N2O2S/c1-3-7(11)13-6-5-10(4-2)8(9)12/h3H,1,4-6H2,2H3,(H2,9,12). The van der Waals surface area contributed by atoms with Crippen molar-refractivity contribution in [3.8, 4) is 0 Å². The van der Waals surface area contributed by atoms with Crippen LogP contribution >= 0.6 is 11.8 Å². The number of nitrogens with zero attached hydrogens (tertiary/aromatic N) is 1. The molecule has 4 nitrogen and oxygen atoms in total. The Morgan fingerprint density at radius 2 is 2.23 bits per heavy atom. The fourth-order valence-corrected chi connectivity index (χ4v) is 1.37. The highest BCUT2D eigenvalue weighted by Crippen LogP contribution is 2.03. The topological polar surface area (TPSA) is 63.4 Å². The third-order valence-electron chi connectivity index (χ3n) is 1.47. The molecule has 74 valence electrons. The molecule has 0 heterocycles. The first kappa shape index (κ1) is 12.0. The number of nitrogens with two attached hydrogens (primary N) is 1. The Kier molecular flexibility index (Phi) is 6.05. The highest BCUT2D eigenvalue weighted by Gasteiger charge is 2.06. The van der Waals surface area contributed by atoms with E-state index in [1.165, 1.54) is 11.0 Å². The van der Waals surface area contributed by atoms with Crippen LogP contribution in [0.2, 0.25) is 0 Å². The smallest absolute Gasteiger partial charge is 0.314 e. The molecule has 0 aliphatic rings. The van der Waals surface area contributed by atoms with E-state index in [1.54, 1.807) is 0 Å². The molecular formula is C8H14N2O2S. The molecule has 0 atom stereocenters. The molecule has 0 unspecified atom stereocenters. The molecule has 0 saturated carbocycles. The maximum Gasteiger partial charge on any atom is 0.314 e. The predicted octanol–water partition coefficient (Wildman–Crippen LogP) is 0.833. The summed E-state index contributed by atoms with van der Waals surface area (Å²) >= 11 is 1.13. The van der Waals surface area contributed by atoms with Crippen molar-refractivity contribution in [2.24, 2.45) is 5.73 Å². The number of rotatable bonds is 5. The summed E-state index contributed by atoms with van der Waals surface area (Å²) < 4.78 is 0. The number of urea groups is 1. The third-order valence-corrected chi connectivity index (χ3v) is 2.30. The highest BCUT2D eigenvalue weighted by atomic mass is 32.2. The van der Waals surface area contributed by atoms with E-state index < -0.39 is 6.03 Å². The van der Waals surface area contributed by atoms with Gasteiger partial charge in [-0.15, -0.1) is 0 Å². The Bertz CT molecular complexity index is 206. The van der Waals surface area contributed by atoms with E-state index in [9.17, 15) is 9.59 Å². The summed E-state index contributed by atoms with van der Waals surface area (Å²) in [5, 5.41) is -0.0828. The van der Waals surface area contributed by atoms with E-state index in [4.69, 9.17) is 5.73 Å². The van der Waals surface area contributed by atoms with Crippen molar-refractivity contribution in [1.82, 2.24) is 4.90 Å². The van der Waals surface area contributed by atoms with E-state index in [1.807, 2.05) is 6.92 Å².